The molecule has 5 rings (SSSR count). The molecule has 0 fully saturated rings. The number of nitrogens with zero attached hydrogens (tertiary/aromatic N) is 6. The average molecular weight is 345 g/mol. The van der Waals surface area contributed by atoms with Crippen LogP contribution in [0.4, 0.5) is 11.6 Å². The van der Waals surface area contributed by atoms with Gasteiger partial charge in [0.2, 0.25) is 5.95 Å². The molecule has 0 atom stereocenters. The third kappa shape index (κ3) is 2.43. The molecule has 1 N–H and O–H groups in total. The summed E-state index contributed by atoms with van der Waals surface area (Å²) >= 11 is 0. The fourth-order valence-corrected chi connectivity index (χ4v) is 3.27. The number of benzene rings is 1. The number of rotatable bonds is 3. The first-order chi connectivity index (χ1) is 12.7. The molecule has 1 aromatic carbocycles. The zero-order valence-electron chi connectivity index (χ0n) is 14.0. The molecule has 1 aliphatic rings. The third-order valence-corrected chi connectivity index (χ3v) is 4.47. The Morgan fingerprint density at radius 3 is 2.92 bits per heavy atom. The van der Waals surface area contributed by atoms with E-state index in [1.807, 2.05) is 31.4 Å². The Kier molecular flexibility index (Phi) is 3.11. The van der Waals surface area contributed by atoms with E-state index in [9.17, 15) is 4.79 Å². The first kappa shape index (κ1) is 14.8. The van der Waals surface area contributed by atoms with Crippen LogP contribution in [0.5, 0.6) is 0 Å². The van der Waals surface area contributed by atoms with Crippen LogP contribution in [0.2, 0.25) is 0 Å². The lowest BCUT2D eigenvalue weighted by Crippen LogP contribution is -1.95. The number of fused-ring (bicyclic) bond motifs is 2. The number of ketones is 1. The Morgan fingerprint density at radius 1 is 1.19 bits per heavy atom. The molecule has 0 unspecified atom stereocenters. The van der Waals surface area contributed by atoms with Crippen LogP contribution in [0.1, 0.15) is 11.1 Å². The molecule has 3 heterocycles. The van der Waals surface area contributed by atoms with Gasteiger partial charge in [-0.25, -0.2) is 4.52 Å². The first-order valence-electron chi connectivity index (χ1n) is 8.27. The maximum absolute atomic E-state index is 11.6. The summed E-state index contributed by atoms with van der Waals surface area (Å²) in [5.74, 6) is 0.739. The molecule has 0 aliphatic heterocycles. The van der Waals surface area contributed by atoms with Crippen LogP contribution >= 0.6 is 0 Å². The molecule has 0 spiro atoms. The number of hydrogen-bond donors (Lipinski definition) is 1. The van der Waals surface area contributed by atoms with Crippen molar-refractivity contribution in [2.24, 2.45) is 7.05 Å². The van der Waals surface area contributed by atoms with Crippen LogP contribution in [0, 0.1) is 0 Å². The van der Waals surface area contributed by atoms with Gasteiger partial charge in [-0.3, -0.25) is 14.5 Å². The predicted molar refractivity (Wildman–Crippen MR) is 95.1 cm³/mol. The number of nitrogens with one attached hydrogen (secondary N) is 1. The monoisotopic (exact) mass is 345 g/mol. The van der Waals surface area contributed by atoms with E-state index in [0.29, 0.717) is 24.4 Å². The second-order valence-electron chi connectivity index (χ2n) is 6.38. The Morgan fingerprint density at radius 2 is 2.08 bits per heavy atom. The molecule has 3 aromatic heterocycles. The van der Waals surface area contributed by atoms with Gasteiger partial charge in [0.15, 0.2) is 5.65 Å². The molecule has 128 valence electrons. The summed E-state index contributed by atoms with van der Waals surface area (Å²) in [6.07, 6.45) is 8.12. The Balaban J connectivity index is 1.51. The summed E-state index contributed by atoms with van der Waals surface area (Å²) in [4.78, 5) is 20.6. The van der Waals surface area contributed by atoms with E-state index >= 15 is 0 Å². The lowest BCUT2D eigenvalue weighted by molar-refractivity contribution is -0.117. The maximum Gasteiger partial charge on any atom is 0.247 e. The van der Waals surface area contributed by atoms with Gasteiger partial charge in [0.25, 0.3) is 0 Å². The van der Waals surface area contributed by atoms with E-state index in [4.69, 9.17) is 0 Å². The van der Waals surface area contributed by atoms with Gasteiger partial charge in [-0.05, 0) is 23.3 Å². The number of Topliss-reactive ketones (excluding diaryl/α,β-unsaturated/α-hetero) is 1. The molecular formula is C18H15N7O. The SMILES string of the molecule is Cn1cc(-c2nccn3nc(Nc4ccc5c(c4)CC(=O)C5)nc23)cn1. The normalized spacial score (nSPS) is 13.3. The van der Waals surface area contributed by atoms with E-state index in [2.05, 4.69) is 25.5 Å². The Hall–Kier alpha value is -3.55. The van der Waals surface area contributed by atoms with E-state index in [-0.39, 0.29) is 5.78 Å². The minimum Gasteiger partial charge on any atom is -0.323 e. The number of carbonyl (C=O) groups is 1. The van der Waals surface area contributed by atoms with Gasteiger partial charge in [0, 0.05) is 49.7 Å². The summed E-state index contributed by atoms with van der Waals surface area (Å²) in [7, 11) is 1.86. The molecular weight excluding hydrogens is 330 g/mol. The van der Waals surface area contributed by atoms with Crippen LogP contribution in [-0.4, -0.2) is 35.1 Å². The van der Waals surface area contributed by atoms with Crippen LogP contribution < -0.4 is 5.32 Å². The molecule has 8 heteroatoms. The maximum atomic E-state index is 11.6. The first-order valence-corrected chi connectivity index (χ1v) is 8.27. The number of carbonyl (C=O) groups excluding carboxylic acids is 1. The summed E-state index contributed by atoms with van der Waals surface area (Å²) in [6, 6.07) is 5.93. The molecule has 8 nitrogen and oxygen atoms in total. The third-order valence-electron chi connectivity index (χ3n) is 4.47. The van der Waals surface area contributed by atoms with Crippen molar-refractivity contribution in [3.8, 4) is 11.3 Å². The molecule has 4 aromatic rings. The molecule has 0 amide bonds. The quantitative estimate of drug-likeness (QED) is 0.610. The van der Waals surface area contributed by atoms with Gasteiger partial charge in [-0.2, -0.15) is 10.1 Å². The average Bonchev–Trinajstić information content (AvgIpc) is 3.31. The largest absolute Gasteiger partial charge is 0.323 e. The van der Waals surface area contributed by atoms with E-state index in [0.717, 1.165) is 28.1 Å². The zero-order chi connectivity index (χ0) is 17.7. The molecule has 0 saturated heterocycles. The lowest BCUT2D eigenvalue weighted by atomic mass is 10.1. The van der Waals surface area contributed by atoms with Crippen molar-refractivity contribution in [3.05, 3.63) is 54.1 Å². The molecule has 0 bridgehead atoms. The van der Waals surface area contributed by atoms with Crippen LogP contribution in [-0.2, 0) is 24.7 Å². The number of hydrogen-bond acceptors (Lipinski definition) is 6. The number of aromatic nitrogens is 6. The standard InChI is InChI=1S/C18H15N7O/c1-24-10-13(9-20-24)16-17-22-18(23-25(17)5-4-19-16)21-14-3-2-11-7-15(26)8-12(11)6-14/h2-6,9-10H,7-8H2,1H3,(H,21,23). The number of anilines is 2. The van der Waals surface area contributed by atoms with Crippen LogP contribution in [0.3, 0.4) is 0 Å². The molecule has 0 radical (unpaired) electrons. The molecule has 1 aliphatic carbocycles. The Labute approximate surface area is 148 Å². The fraction of sp³-hybridized carbons (Fsp3) is 0.167. The fourth-order valence-electron chi connectivity index (χ4n) is 3.27. The Bertz CT molecular complexity index is 1160. The smallest absolute Gasteiger partial charge is 0.247 e. The summed E-state index contributed by atoms with van der Waals surface area (Å²) in [6.45, 7) is 0. The molecule has 0 saturated carbocycles. The summed E-state index contributed by atoms with van der Waals surface area (Å²) in [5, 5.41) is 11.9. The van der Waals surface area contributed by atoms with Gasteiger partial charge in [0.1, 0.15) is 11.5 Å². The van der Waals surface area contributed by atoms with Crippen molar-refractivity contribution >= 4 is 23.1 Å². The van der Waals surface area contributed by atoms with E-state index < -0.39 is 0 Å². The highest BCUT2D eigenvalue weighted by Gasteiger charge is 2.19. The van der Waals surface area contributed by atoms with Crippen molar-refractivity contribution < 1.29 is 4.79 Å². The second-order valence-corrected chi connectivity index (χ2v) is 6.38. The summed E-state index contributed by atoms with van der Waals surface area (Å²) < 4.78 is 3.41. The highest BCUT2D eigenvalue weighted by atomic mass is 16.1. The highest BCUT2D eigenvalue weighted by Crippen LogP contribution is 2.26. The van der Waals surface area contributed by atoms with Crippen molar-refractivity contribution in [1.29, 1.82) is 0 Å². The minimum absolute atomic E-state index is 0.259. The van der Waals surface area contributed by atoms with Gasteiger partial charge in [-0.15, -0.1) is 5.10 Å². The van der Waals surface area contributed by atoms with Crippen molar-refractivity contribution in [2.45, 2.75) is 12.8 Å². The van der Waals surface area contributed by atoms with Gasteiger partial charge < -0.3 is 5.32 Å². The zero-order valence-corrected chi connectivity index (χ0v) is 14.0. The topological polar surface area (TPSA) is 90.0 Å². The van der Waals surface area contributed by atoms with Gasteiger partial charge >= 0.3 is 0 Å². The van der Waals surface area contributed by atoms with Crippen LogP contribution in [0.25, 0.3) is 16.9 Å². The van der Waals surface area contributed by atoms with Gasteiger partial charge in [0.05, 0.1) is 6.20 Å². The van der Waals surface area contributed by atoms with Crippen LogP contribution in [0.15, 0.2) is 43.0 Å². The van der Waals surface area contributed by atoms with Crippen molar-refractivity contribution in [2.75, 3.05) is 5.32 Å². The predicted octanol–water partition coefficient (Wildman–Crippen LogP) is 1.94. The lowest BCUT2D eigenvalue weighted by Gasteiger charge is -2.04. The van der Waals surface area contributed by atoms with E-state index in [1.165, 1.54) is 0 Å². The summed E-state index contributed by atoms with van der Waals surface area (Å²) in [5.41, 5.74) is 5.30. The van der Waals surface area contributed by atoms with Crippen molar-refractivity contribution in [1.82, 2.24) is 29.4 Å². The number of aryl methyl sites for hydroxylation is 1. The minimum atomic E-state index is 0.259. The highest BCUT2D eigenvalue weighted by molar-refractivity contribution is 5.88. The van der Waals surface area contributed by atoms with E-state index in [1.54, 1.807) is 27.8 Å². The van der Waals surface area contributed by atoms with Gasteiger partial charge in [-0.1, -0.05) is 6.07 Å². The molecule has 26 heavy (non-hydrogen) atoms. The second kappa shape index (κ2) is 5.48. The van der Waals surface area contributed by atoms with Crippen molar-refractivity contribution in [3.63, 3.8) is 0 Å².